The molecule has 0 saturated carbocycles. The highest BCUT2D eigenvalue weighted by Crippen LogP contribution is 2.27. The average molecular weight is 271 g/mol. The van der Waals surface area contributed by atoms with E-state index in [1.165, 1.54) is 11.0 Å². The van der Waals surface area contributed by atoms with E-state index in [-0.39, 0.29) is 18.4 Å². The van der Waals surface area contributed by atoms with E-state index in [1.807, 2.05) is 0 Å². The Morgan fingerprint density at radius 2 is 1.90 bits per heavy atom. The number of carbonyl (C=O) groups is 2. The van der Waals surface area contributed by atoms with Crippen molar-refractivity contribution in [3.05, 3.63) is 46.3 Å². The zero-order valence-electron chi connectivity index (χ0n) is 11.1. The fourth-order valence-corrected chi connectivity index (χ4v) is 2.34. The Morgan fingerprint density at radius 1 is 1.20 bits per heavy atom. The molecule has 3 rings (SSSR count). The molecule has 0 bridgehead atoms. The van der Waals surface area contributed by atoms with Gasteiger partial charge in [-0.1, -0.05) is 5.16 Å². The first-order valence-corrected chi connectivity index (χ1v) is 6.16. The van der Waals surface area contributed by atoms with Crippen molar-refractivity contribution in [2.45, 2.75) is 20.4 Å². The topological polar surface area (TPSA) is 89.4 Å². The van der Waals surface area contributed by atoms with Crippen molar-refractivity contribution in [1.82, 2.24) is 10.1 Å². The summed E-state index contributed by atoms with van der Waals surface area (Å²) in [5.41, 5.74) is 8.29. The predicted octanol–water partition coefficient (Wildman–Crippen LogP) is 1.67. The van der Waals surface area contributed by atoms with Gasteiger partial charge in [-0.25, -0.2) is 0 Å². The summed E-state index contributed by atoms with van der Waals surface area (Å²) in [5.74, 6) is -0.0409. The van der Waals surface area contributed by atoms with Crippen LogP contribution in [0, 0.1) is 13.8 Å². The van der Waals surface area contributed by atoms with Crippen LogP contribution in [0.4, 0.5) is 5.69 Å². The first kappa shape index (κ1) is 12.4. The number of benzene rings is 1. The molecule has 102 valence electrons. The molecule has 1 aliphatic rings. The molecule has 2 amide bonds. The Kier molecular flexibility index (Phi) is 2.60. The molecular formula is C14H13N3O3. The van der Waals surface area contributed by atoms with Crippen molar-refractivity contribution in [3.63, 3.8) is 0 Å². The summed E-state index contributed by atoms with van der Waals surface area (Å²) in [5, 5.41) is 3.83. The molecule has 0 atom stereocenters. The lowest BCUT2D eigenvalue weighted by atomic mass is 10.1. The fraction of sp³-hybridized carbons (Fsp3) is 0.214. The highest BCUT2D eigenvalue weighted by atomic mass is 16.5. The minimum absolute atomic E-state index is 0.160. The van der Waals surface area contributed by atoms with E-state index in [4.69, 9.17) is 10.3 Å². The highest BCUT2D eigenvalue weighted by molar-refractivity contribution is 6.21. The normalized spacial score (nSPS) is 14.0. The first-order valence-electron chi connectivity index (χ1n) is 6.16. The lowest BCUT2D eigenvalue weighted by molar-refractivity contribution is 0.0642. The second-order valence-electron chi connectivity index (χ2n) is 4.80. The number of fused-ring (bicyclic) bond motifs is 1. The average Bonchev–Trinajstić information content (AvgIpc) is 2.84. The lowest BCUT2D eigenvalue weighted by Gasteiger charge is -2.13. The molecule has 0 saturated heterocycles. The maximum Gasteiger partial charge on any atom is 0.261 e. The van der Waals surface area contributed by atoms with Crippen LogP contribution in [0.5, 0.6) is 0 Å². The van der Waals surface area contributed by atoms with Crippen molar-refractivity contribution >= 4 is 17.5 Å². The number of aryl methyl sites for hydroxylation is 2. The molecule has 0 radical (unpaired) electrons. The van der Waals surface area contributed by atoms with Gasteiger partial charge < -0.3 is 10.3 Å². The molecule has 0 fully saturated rings. The minimum Gasteiger partial charge on any atom is -0.399 e. The number of aromatic nitrogens is 1. The van der Waals surface area contributed by atoms with Crippen LogP contribution < -0.4 is 5.73 Å². The summed E-state index contributed by atoms with van der Waals surface area (Å²) >= 11 is 0. The van der Waals surface area contributed by atoms with E-state index in [2.05, 4.69) is 5.16 Å². The number of nitrogens with two attached hydrogens (primary N) is 1. The van der Waals surface area contributed by atoms with Gasteiger partial charge in [0, 0.05) is 11.3 Å². The van der Waals surface area contributed by atoms with Gasteiger partial charge in [0.05, 0.1) is 23.4 Å². The highest BCUT2D eigenvalue weighted by Gasteiger charge is 2.36. The summed E-state index contributed by atoms with van der Waals surface area (Å²) in [6.07, 6.45) is 0. The Hall–Kier alpha value is -2.63. The summed E-state index contributed by atoms with van der Waals surface area (Å²) < 4.78 is 5.05. The molecule has 2 heterocycles. The molecule has 0 aliphatic carbocycles. The van der Waals surface area contributed by atoms with E-state index in [1.54, 1.807) is 26.0 Å². The van der Waals surface area contributed by atoms with Crippen molar-refractivity contribution in [2.75, 3.05) is 5.73 Å². The SMILES string of the molecule is Cc1noc(C)c1CN1C(=O)c2ccc(N)cc2C1=O. The van der Waals surface area contributed by atoms with Crippen LogP contribution in [0.2, 0.25) is 0 Å². The lowest BCUT2D eigenvalue weighted by Crippen LogP contribution is -2.29. The molecule has 2 aromatic rings. The van der Waals surface area contributed by atoms with Gasteiger partial charge in [0.2, 0.25) is 0 Å². The van der Waals surface area contributed by atoms with Crippen LogP contribution in [-0.4, -0.2) is 21.9 Å². The van der Waals surface area contributed by atoms with E-state index in [9.17, 15) is 9.59 Å². The van der Waals surface area contributed by atoms with E-state index in [0.717, 1.165) is 5.56 Å². The number of hydrogen-bond donors (Lipinski definition) is 1. The van der Waals surface area contributed by atoms with E-state index < -0.39 is 0 Å². The van der Waals surface area contributed by atoms with Gasteiger partial charge >= 0.3 is 0 Å². The molecule has 6 heteroatoms. The number of anilines is 1. The third-order valence-electron chi connectivity index (χ3n) is 3.49. The third kappa shape index (κ3) is 1.69. The number of hydrogen-bond acceptors (Lipinski definition) is 5. The quantitative estimate of drug-likeness (QED) is 0.663. The van der Waals surface area contributed by atoms with Gasteiger partial charge in [0.15, 0.2) is 0 Å². The number of nitrogens with zero attached hydrogens (tertiary/aromatic N) is 2. The van der Waals surface area contributed by atoms with E-state index in [0.29, 0.717) is 28.3 Å². The number of imide groups is 1. The molecular weight excluding hydrogens is 258 g/mol. The van der Waals surface area contributed by atoms with Crippen LogP contribution in [0.25, 0.3) is 0 Å². The van der Waals surface area contributed by atoms with Crippen molar-refractivity contribution in [1.29, 1.82) is 0 Å². The molecule has 0 unspecified atom stereocenters. The van der Waals surface area contributed by atoms with Gasteiger partial charge in [0.25, 0.3) is 11.8 Å². The van der Waals surface area contributed by atoms with Gasteiger partial charge in [-0.05, 0) is 32.0 Å². The predicted molar refractivity (Wildman–Crippen MR) is 71.0 cm³/mol. The van der Waals surface area contributed by atoms with Crippen LogP contribution in [0.3, 0.4) is 0 Å². The second kappa shape index (κ2) is 4.19. The standard InChI is InChI=1S/C14H13N3O3/c1-7-12(8(2)20-16-7)6-17-13(18)10-4-3-9(15)5-11(10)14(17)19/h3-5H,6,15H2,1-2H3. The third-order valence-corrected chi connectivity index (χ3v) is 3.49. The molecule has 1 aromatic heterocycles. The van der Waals surface area contributed by atoms with Crippen LogP contribution in [-0.2, 0) is 6.54 Å². The smallest absolute Gasteiger partial charge is 0.261 e. The summed E-state index contributed by atoms with van der Waals surface area (Å²) in [6.45, 7) is 3.70. The van der Waals surface area contributed by atoms with E-state index >= 15 is 0 Å². The molecule has 1 aliphatic heterocycles. The Labute approximate surface area is 115 Å². The van der Waals surface area contributed by atoms with Gasteiger partial charge in [-0.2, -0.15) is 0 Å². The first-order chi connectivity index (χ1) is 9.49. The summed E-state index contributed by atoms with van der Waals surface area (Å²) in [6, 6.07) is 4.73. The summed E-state index contributed by atoms with van der Waals surface area (Å²) in [7, 11) is 0. The zero-order valence-corrected chi connectivity index (χ0v) is 11.1. The number of rotatable bonds is 2. The van der Waals surface area contributed by atoms with Gasteiger partial charge in [0.1, 0.15) is 5.76 Å². The fourth-order valence-electron chi connectivity index (χ4n) is 2.34. The zero-order chi connectivity index (χ0) is 14.4. The molecule has 2 N–H and O–H groups in total. The summed E-state index contributed by atoms with van der Waals surface area (Å²) in [4.78, 5) is 25.8. The van der Waals surface area contributed by atoms with Crippen molar-refractivity contribution in [3.8, 4) is 0 Å². The number of amides is 2. The monoisotopic (exact) mass is 271 g/mol. The Balaban J connectivity index is 1.98. The molecule has 20 heavy (non-hydrogen) atoms. The maximum absolute atomic E-state index is 12.3. The van der Waals surface area contributed by atoms with Gasteiger partial charge in [-0.3, -0.25) is 14.5 Å². The van der Waals surface area contributed by atoms with Crippen LogP contribution >= 0.6 is 0 Å². The molecule has 6 nitrogen and oxygen atoms in total. The Morgan fingerprint density at radius 3 is 2.55 bits per heavy atom. The maximum atomic E-state index is 12.3. The minimum atomic E-state index is -0.336. The number of nitrogen functional groups attached to an aromatic ring is 1. The van der Waals surface area contributed by atoms with Crippen molar-refractivity contribution in [2.24, 2.45) is 0 Å². The number of carbonyl (C=O) groups excluding carboxylic acids is 2. The molecule has 1 aromatic carbocycles. The van der Waals surface area contributed by atoms with Crippen LogP contribution in [0.1, 0.15) is 37.7 Å². The Bertz CT molecular complexity index is 714. The van der Waals surface area contributed by atoms with Crippen LogP contribution in [0.15, 0.2) is 22.7 Å². The second-order valence-corrected chi connectivity index (χ2v) is 4.80. The van der Waals surface area contributed by atoms with Gasteiger partial charge in [-0.15, -0.1) is 0 Å². The van der Waals surface area contributed by atoms with Crippen molar-refractivity contribution < 1.29 is 14.1 Å². The molecule has 0 spiro atoms. The largest absolute Gasteiger partial charge is 0.399 e.